The highest BCUT2D eigenvalue weighted by Crippen LogP contribution is 2.38. The molecule has 10 nitrogen and oxygen atoms in total. The van der Waals surface area contributed by atoms with Gasteiger partial charge in [0.05, 0.1) is 4.92 Å². The number of anilines is 1. The Labute approximate surface area is 172 Å². The Morgan fingerprint density at radius 3 is 2.57 bits per heavy atom. The van der Waals surface area contributed by atoms with Crippen molar-refractivity contribution < 1.29 is 17.9 Å². The lowest BCUT2D eigenvalue weighted by Crippen LogP contribution is -2.33. The van der Waals surface area contributed by atoms with Gasteiger partial charge < -0.3 is 9.42 Å². The highest BCUT2D eigenvalue weighted by molar-refractivity contribution is 7.90. The first kappa shape index (κ1) is 20.0. The molecule has 1 aromatic carbocycles. The van der Waals surface area contributed by atoms with Gasteiger partial charge in [0.1, 0.15) is 16.3 Å². The highest BCUT2D eigenvalue weighted by Gasteiger charge is 2.32. The molecule has 0 spiro atoms. The van der Waals surface area contributed by atoms with Gasteiger partial charge in [-0.15, -0.1) is 0 Å². The van der Waals surface area contributed by atoms with Crippen LogP contribution in [0, 0.1) is 10.1 Å². The Morgan fingerprint density at radius 1 is 1.17 bits per heavy atom. The molecule has 0 amide bonds. The van der Waals surface area contributed by atoms with Crippen molar-refractivity contribution in [2.24, 2.45) is 0 Å². The van der Waals surface area contributed by atoms with Crippen LogP contribution in [0.5, 0.6) is 0 Å². The number of pyridine rings is 1. The molecule has 3 aromatic rings. The van der Waals surface area contributed by atoms with Gasteiger partial charge in [-0.2, -0.15) is 4.98 Å². The number of rotatable bonds is 5. The van der Waals surface area contributed by atoms with Gasteiger partial charge in [-0.3, -0.25) is 15.1 Å². The number of para-hydroxylation sites is 1. The van der Waals surface area contributed by atoms with Crippen LogP contribution >= 0.6 is 0 Å². The Bertz CT molecular complexity index is 1170. The molecule has 1 saturated heterocycles. The zero-order valence-corrected chi connectivity index (χ0v) is 16.9. The highest BCUT2D eigenvalue weighted by atomic mass is 32.2. The van der Waals surface area contributed by atoms with Crippen molar-refractivity contribution in [1.82, 2.24) is 15.1 Å². The first-order chi connectivity index (χ1) is 14.3. The Kier molecular flexibility index (Phi) is 5.20. The largest absolute Gasteiger partial charge is 0.366 e. The molecule has 156 valence electrons. The standard InChI is InChI=1S/C19H19N5O5S/c1-30(27,28)16-7-4-6-15(17(16)24(25)26)23-11-8-13(9-12-23)19-21-18(22-29-19)14-5-2-3-10-20-14/h2-7,10,13H,8-9,11-12H2,1H3. The molecule has 4 rings (SSSR count). The number of sulfone groups is 1. The fraction of sp³-hybridized carbons (Fsp3) is 0.316. The second-order valence-corrected chi connectivity index (χ2v) is 9.07. The quantitative estimate of drug-likeness (QED) is 0.443. The van der Waals surface area contributed by atoms with Gasteiger partial charge in [0, 0.05) is 31.5 Å². The predicted octanol–water partition coefficient (Wildman–Crippen LogP) is 2.83. The van der Waals surface area contributed by atoms with Crippen LogP contribution in [-0.2, 0) is 9.84 Å². The van der Waals surface area contributed by atoms with E-state index in [0.29, 0.717) is 49.0 Å². The van der Waals surface area contributed by atoms with Crippen LogP contribution in [-0.4, -0.2) is 47.8 Å². The van der Waals surface area contributed by atoms with E-state index >= 15 is 0 Å². The summed E-state index contributed by atoms with van der Waals surface area (Å²) in [4.78, 5) is 21.2. The zero-order valence-electron chi connectivity index (χ0n) is 16.1. The summed E-state index contributed by atoms with van der Waals surface area (Å²) in [6.45, 7) is 1.00. The summed E-state index contributed by atoms with van der Waals surface area (Å²) in [5.41, 5.74) is 0.549. The van der Waals surface area contributed by atoms with E-state index in [1.165, 1.54) is 12.1 Å². The van der Waals surface area contributed by atoms with Crippen LogP contribution < -0.4 is 4.90 Å². The maximum atomic E-state index is 12.0. The number of nitro groups is 1. The number of nitro benzene ring substituents is 1. The van der Waals surface area contributed by atoms with E-state index in [9.17, 15) is 18.5 Å². The minimum absolute atomic E-state index is 0.0170. The fourth-order valence-corrected chi connectivity index (χ4v) is 4.47. The van der Waals surface area contributed by atoms with E-state index in [-0.39, 0.29) is 16.5 Å². The molecule has 0 saturated carbocycles. The third-order valence-corrected chi connectivity index (χ3v) is 6.21. The van der Waals surface area contributed by atoms with Crippen molar-refractivity contribution in [2.45, 2.75) is 23.7 Å². The van der Waals surface area contributed by atoms with E-state index in [1.807, 2.05) is 11.0 Å². The van der Waals surface area contributed by atoms with Crippen LogP contribution in [0.2, 0.25) is 0 Å². The topological polar surface area (TPSA) is 132 Å². The van der Waals surface area contributed by atoms with Crippen molar-refractivity contribution in [1.29, 1.82) is 0 Å². The van der Waals surface area contributed by atoms with E-state index in [0.717, 1.165) is 6.26 Å². The Morgan fingerprint density at radius 2 is 1.93 bits per heavy atom. The third kappa shape index (κ3) is 3.88. The Hall–Kier alpha value is -3.34. The molecule has 0 bridgehead atoms. The average Bonchev–Trinajstić information content (AvgIpc) is 3.23. The first-order valence-corrected chi connectivity index (χ1v) is 11.2. The lowest BCUT2D eigenvalue weighted by molar-refractivity contribution is -0.387. The summed E-state index contributed by atoms with van der Waals surface area (Å²) in [6.07, 6.45) is 3.91. The molecule has 0 unspecified atom stereocenters. The van der Waals surface area contributed by atoms with Crippen molar-refractivity contribution >= 4 is 21.2 Å². The molecule has 2 aromatic heterocycles. The molecule has 1 fully saturated rings. The lowest BCUT2D eigenvalue weighted by Gasteiger charge is -2.32. The van der Waals surface area contributed by atoms with Crippen molar-refractivity contribution in [2.75, 3.05) is 24.2 Å². The molecule has 1 aliphatic heterocycles. The number of aromatic nitrogens is 3. The molecule has 11 heteroatoms. The van der Waals surface area contributed by atoms with Crippen LogP contribution in [0.15, 0.2) is 52.0 Å². The van der Waals surface area contributed by atoms with Gasteiger partial charge >= 0.3 is 5.69 Å². The van der Waals surface area contributed by atoms with Crippen LogP contribution in [0.1, 0.15) is 24.7 Å². The molecule has 0 atom stereocenters. The van der Waals surface area contributed by atoms with Gasteiger partial charge in [0.25, 0.3) is 0 Å². The molecule has 1 aliphatic rings. The summed E-state index contributed by atoms with van der Waals surface area (Å²) >= 11 is 0. The molecular formula is C19H19N5O5S. The summed E-state index contributed by atoms with van der Waals surface area (Å²) < 4.78 is 29.4. The number of piperidine rings is 1. The summed E-state index contributed by atoms with van der Waals surface area (Å²) in [5.74, 6) is 0.947. The first-order valence-electron chi connectivity index (χ1n) is 9.32. The normalized spacial score (nSPS) is 15.3. The monoisotopic (exact) mass is 429 g/mol. The molecule has 0 radical (unpaired) electrons. The summed E-state index contributed by atoms with van der Waals surface area (Å²) in [6, 6.07) is 9.82. The maximum absolute atomic E-state index is 12.0. The number of nitrogens with zero attached hydrogens (tertiary/aromatic N) is 5. The summed E-state index contributed by atoms with van der Waals surface area (Å²) in [7, 11) is -3.72. The van der Waals surface area contributed by atoms with Crippen LogP contribution in [0.4, 0.5) is 11.4 Å². The van der Waals surface area contributed by atoms with Crippen LogP contribution in [0.25, 0.3) is 11.5 Å². The molecule has 30 heavy (non-hydrogen) atoms. The smallest absolute Gasteiger partial charge is 0.311 e. The second kappa shape index (κ2) is 7.82. The molecule has 3 heterocycles. The van der Waals surface area contributed by atoms with Crippen molar-refractivity contribution in [3.05, 3.63) is 58.6 Å². The summed E-state index contributed by atoms with van der Waals surface area (Å²) in [5, 5.41) is 15.6. The van der Waals surface area contributed by atoms with Gasteiger partial charge in [0.15, 0.2) is 9.84 Å². The fourth-order valence-electron chi connectivity index (χ4n) is 3.62. The zero-order chi connectivity index (χ0) is 21.3. The second-order valence-electron chi connectivity index (χ2n) is 7.09. The minimum Gasteiger partial charge on any atom is -0.366 e. The van der Waals surface area contributed by atoms with Crippen molar-refractivity contribution in [3.63, 3.8) is 0 Å². The SMILES string of the molecule is CS(=O)(=O)c1cccc(N2CCC(c3nc(-c4ccccn4)no3)CC2)c1[N+](=O)[O-]. The predicted molar refractivity (Wildman–Crippen MR) is 108 cm³/mol. The number of hydrogen-bond acceptors (Lipinski definition) is 9. The van der Waals surface area contributed by atoms with E-state index < -0.39 is 14.8 Å². The van der Waals surface area contributed by atoms with Crippen LogP contribution in [0.3, 0.4) is 0 Å². The van der Waals surface area contributed by atoms with Gasteiger partial charge in [-0.25, -0.2) is 8.42 Å². The molecule has 0 N–H and O–H groups in total. The average molecular weight is 429 g/mol. The van der Waals surface area contributed by atoms with E-state index in [4.69, 9.17) is 4.52 Å². The number of benzene rings is 1. The minimum atomic E-state index is -3.72. The van der Waals surface area contributed by atoms with E-state index in [2.05, 4.69) is 15.1 Å². The van der Waals surface area contributed by atoms with E-state index in [1.54, 1.807) is 24.4 Å². The van der Waals surface area contributed by atoms with Crippen molar-refractivity contribution in [3.8, 4) is 11.5 Å². The third-order valence-electron chi connectivity index (χ3n) is 5.08. The van der Waals surface area contributed by atoms with Gasteiger partial charge in [-0.05, 0) is 37.1 Å². The number of hydrogen-bond donors (Lipinski definition) is 0. The maximum Gasteiger partial charge on any atom is 0.311 e. The Balaban J connectivity index is 1.53. The molecule has 0 aliphatic carbocycles. The lowest BCUT2D eigenvalue weighted by atomic mass is 9.96. The molecular weight excluding hydrogens is 410 g/mol. The van der Waals surface area contributed by atoms with Gasteiger partial charge in [-0.1, -0.05) is 17.3 Å². The van der Waals surface area contributed by atoms with Gasteiger partial charge in [0.2, 0.25) is 11.7 Å².